The van der Waals surface area contributed by atoms with Crippen molar-refractivity contribution in [1.82, 2.24) is 9.97 Å². The number of hydrogen-bond acceptors (Lipinski definition) is 3. The Morgan fingerprint density at radius 2 is 2.00 bits per heavy atom. The number of Topliss-reactive ketones (excluding diaryl/α,β-unsaturated/α-hetero) is 1. The molecule has 0 unspecified atom stereocenters. The van der Waals surface area contributed by atoms with E-state index in [1.807, 2.05) is 24.3 Å². The van der Waals surface area contributed by atoms with Gasteiger partial charge in [-0.05, 0) is 30.9 Å². The molecule has 3 nitrogen and oxygen atoms in total. The molecular formula is C13H12N2O. The number of benzene rings is 1. The van der Waals surface area contributed by atoms with E-state index in [0.29, 0.717) is 18.0 Å². The number of carbonyl (C=O) groups is 1. The van der Waals surface area contributed by atoms with Gasteiger partial charge in [-0.2, -0.15) is 0 Å². The average Bonchev–Trinajstić information content (AvgIpc) is 3.12. The Morgan fingerprint density at radius 3 is 2.75 bits per heavy atom. The number of fused-ring (bicyclic) bond motifs is 1. The molecule has 2 aromatic rings. The first-order valence-corrected chi connectivity index (χ1v) is 5.58. The number of para-hydroxylation sites is 2. The van der Waals surface area contributed by atoms with Crippen molar-refractivity contribution in [2.45, 2.75) is 19.3 Å². The van der Waals surface area contributed by atoms with Crippen LogP contribution in [0.25, 0.3) is 11.0 Å². The molecule has 3 heteroatoms. The van der Waals surface area contributed by atoms with E-state index >= 15 is 0 Å². The Balaban J connectivity index is 1.94. The monoisotopic (exact) mass is 212 g/mol. The van der Waals surface area contributed by atoms with Gasteiger partial charge in [0.15, 0.2) is 5.78 Å². The van der Waals surface area contributed by atoms with Gasteiger partial charge >= 0.3 is 0 Å². The smallest absolute Gasteiger partial charge is 0.183 e. The Kier molecular flexibility index (Phi) is 2.17. The highest BCUT2D eigenvalue weighted by molar-refractivity contribution is 5.95. The Hall–Kier alpha value is -1.77. The summed E-state index contributed by atoms with van der Waals surface area (Å²) in [6, 6.07) is 7.61. The predicted octanol–water partition coefficient (Wildman–Crippen LogP) is 2.61. The second kappa shape index (κ2) is 3.67. The molecule has 0 aliphatic heterocycles. The van der Waals surface area contributed by atoms with E-state index in [4.69, 9.17) is 0 Å². The molecule has 1 aromatic carbocycles. The molecule has 0 N–H and O–H groups in total. The van der Waals surface area contributed by atoms with E-state index in [0.717, 1.165) is 11.0 Å². The summed E-state index contributed by atoms with van der Waals surface area (Å²) < 4.78 is 0. The normalized spacial score (nSPS) is 15.2. The third-order valence-electron chi connectivity index (χ3n) is 2.91. The summed E-state index contributed by atoms with van der Waals surface area (Å²) in [4.78, 5) is 20.4. The highest BCUT2D eigenvalue weighted by atomic mass is 16.1. The van der Waals surface area contributed by atoms with Gasteiger partial charge in [-0.15, -0.1) is 0 Å². The van der Waals surface area contributed by atoms with Crippen LogP contribution in [0.2, 0.25) is 0 Å². The van der Waals surface area contributed by atoms with Crippen LogP contribution in [0.4, 0.5) is 0 Å². The predicted molar refractivity (Wildman–Crippen MR) is 61.2 cm³/mol. The zero-order chi connectivity index (χ0) is 11.0. The quantitative estimate of drug-likeness (QED) is 0.734. The number of aromatic nitrogens is 2. The lowest BCUT2D eigenvalue weighted by atomic mass is 10.1. The molecule has 0 atom stereocenters. The van der Waals surface area contributed by atoms with E-state index in [2.05, 4.69) is 9.97 Å². The third kappa shape index (κ3) is 1.81. The van der Waals surface area contributed by atoms with Crippen LogP contribution >= 0.6 is 0 Å². The zero-order valence-corrected chi connectivity index (χ0v) is 8.89. The van der Waals surface area contributed by atoms with Gasteiger partial charge in [-0.25, -0.2) is 4.98 Å². The van der Waals surface area contributed by atoms with Crippen LogP contribution < -0.4 is 0 Å². The van der Waals surface area contributed by atoms with Crippen molar-refractivity contribution < 1.29 is 4.79 Å². The summed E-state index contributed by atoms with van der Waals surface area (Å²) in [7, 11) is 0. The van der Waals surface area contributed by atoms with E-state index in [9.17, 15) is 4.79 Å². The molecule has 1 aliphatic carbocycles. The van der Waals surface area contributed by atoms with Crippen LogP contribution in [0, 0.1) is 5.92 Å². The molecule has 1 aliphatic rings. The molecule has 0 amide bonds. The maximum Gasteiger partial charge on any atom is 0.183 e. The number of rotatable bonds is 3. The summed E-state index contributed by atoms with van der Waals surface area (Å²) in [6.07, 6.45) is 4.60. The Morgan fingerprint density at radius 1 is 1.25 bits per heavy atom. The van der Waals surface area contributed by atoms with E-state index in [1.54, 1.807) is 6.20 Å². The van der Waals surface area contributed by atoms with Crippen molar-refractivity contribution in [3.8, 4) is 0 Å². The molecule has 16 heavy (non-hydrogen) atoms. The number of nitrogens with zero attached hydrogens (tertiary/aromatic N) is 2. The van der Waals surface area contributed by atoms with Crippen molar-refractivity contribution in [1.29, 1.82) is 0 Å². The van der Waals surface area contributed by atoms with Gasteiger partial charge in [0.25, 0.3) is 0 Å². The van der Waals surface area contributed by atoms with Crippen molar-refractivity contribution >= 4 is 16.8 Å². The SMILES string of the molecule is O=C(CC1CC1)c1cnc2ccccc2n1. The van der Waals surface area contributed by atoms with Gasteiger partial charge in [0.2, 0.25) is 0 Å². The number of ketones is 1. The summed E-state index contributed by atoms with van der Waals surface area (Å²) in [5.74, 6) is 0.724. The molecule has 0 spiro atoms. The maximum absolute atomic E-state index is 11.8. The Labute approximate surface area is 93.5 Å². The minimum Gasteiger partial charge on any atom is -0.292 e. The summed E-state index contributed by atoms with van der Waals surface area (Å²) >= 11 is 0. The largest absolute Gasteiger partial charge is 0.292 e. The molecule has 1 aromatic heterocycles. The minimum atomic E-state index is 0.126. The van der Waals surface area contributed by atoms with Crippen LogP contribution in [0.5, 0.6) is 0 Å². The van der Waals surface area contributed by atoms with Gasteiger partial charge in [-0.3, -0.25) is 9.78 Å². The van der Waals surface area contributed by atoms with Crippen molar-refractivity contribution in [2.24, 2.45) is 5.92 Å². The summed E-state index contributed by atoms with van der Waals surface area (Å²) in [6.45, 7) is 0. The lowest BCUT2D eigenvalue weighted by molar-refractivity contribution is 0.0971. The first-order valence-electron chi connectivity index (χ1n) is 5.58. The minimum absolute atomic E-state index is 0.126. The third-order valence-corrected chi connectivity index (χ3v) is 2.91. The van der Waals surface area contributed by atoms with Crippen LogP contribution in [0.3, 0.4) is 0 Å². The summed E-state index contributed by atoms with van der Waals surface area (Å²) in [5, 5.41) is 0. The fraction of sp³-hybridized carbons (Fsp3) is 0.308. The van der Waals surface area contributed by atoms with Gasteiger partial charge in [0.1, 0.15) is 5.69 Å². The first-order chi connectivity index (χ1) is 7.83. The Bertz CT molecular complexity index is 546. The molecule has 3 rings (SSSR count). The molecule has 1 fully saturated rings. The van der Waals surface area contributed by atoms with Crippen LogP contribution in [-0.4, -0.2) is 15.8 Å². The van der Waals surface area contributed by atoms with Gasteiger partial charge in [0.05, 0.1) is 17.2 Å². The molecule has 80 valence electrons. The van der Waals surface area contributed by atoms with Crippen molar-refractivity contribution in [3.63, 3.8) is 0 Å². The standard InChI is InChI=1S/C13H12N2O/c16-13(7-9-5-6-9)12-8-14-10-3-1-2-4-11(10)15-12/h1-4,8-9H,5-7H2. The van der Waals surface area contributed by atoms with Crippen LogP contribution in [0.1, 0.15) is 29.8 Å². The van der Waals surface area contributed by atoms with Gasteiger partial charge < -0.3 is 0 Å². The molecule has 0 radical (unpaired) electrons. The maximum atomic E-state index is 11.8. The second-order valence-electron chi connectivity index (χ2n) is 4.31. The lowest BCUT2D eigenvalue weighted by Gasteiger charge is -2.00. The molecule has 0 saturated heterocycles. The lowest BCUT2D eigenvalue weighted by Crippen LogP contribution is -2.04. The fourth-order valence-corrected chi connectivity index (χ4v) is 1.78. The molecule has 0 bridgehead atoms. The first kappa shape index (κ1) is 9.46. The topological polar surface area (TPSA) is 42.9 Å². The van der Waals surface area contributed by atoms with Crippen molar-refractivity contribution in [3.05, 3.63) is 36.2 Å². The summed E-state index contributed by atoms with van der Waals surface area (Å²) in [5.41, 5.74) is 2.14. The highest BCUT2D eigenvalue weighted by Gasteiger charge is 2.25. The highest BCUT2D eigenvalue weighted by Crippen LogP contribution is 2.33. The molecule has 1 heterocycles. The fourth-order valence-electron chi connectivity index (χ4n) is 1.78. The van der Waals surface area contributed by atoms with Gasteiger partial charge in [0, 0.05) is 6.42 Å². The van der Waals surface area contributed by atoms with E-state index < -0.39 is 0 Å². The van der Waals surface area contributed by atoms with Crippen LogP contribution in [-0.2, 0) is 0 Å². The van der Waals surface area contributed by atoms with E-state index in [-0.39, 0.29) is 5.78 Å². The van der Waals surface area contributed by atoms with Gasteiger partial charge in [-0.1, -0.05) is 12.1 Å². The number of carbonyl (C=O) groups excluding carboxylic acids is 1. The number of hydrogen-bond donors (Lipinski definition) is 0. The zero-order valence-electron chi connectivity index (χ0n) is 8.89. The average molecular weight is 212 g/mol. The van der Waals surface area contributed by atoms with Crippen LogP contribution in [0.15, 0.2) is 30.5 Å². The molecular weight excluding hydrogens is 200 g/mol. The molecule has 1 saturated carbocycles. The van der Waals surface area contributed by atoms with E-state index in [1.165, 1.54) is 12.8 Å². The second-order valence-corrected chi connectivity index (χ2v) is 4.31. The van der Waals surface area contributed by atoms with Crippen molar-refractivity contribution in [2.75, 3.05) is 0 Å².